The minimum atomic E-state index is -4.37. The lowest BCUT2D eigenvalue weighted by atomic mass is 10.0. The van der Waals surface area contributed by atoms with Gasteiger partial charge in [-0.1, -0.05) is 109 Å². The summed E-state index contributed by atoms with van der Waals surface area (Å²) in [6.45, 7) is 3.84. The molecule has 38 heavy (non-hydrogen) atoms. The van der Waals surface area contributed by atoms with Crippen LogP contribution in [0, 0.1) is 0 Å². The number of rotatable bonds is 27. The topological polar surface area (TPSA) is 151 Å². The van der Waals surface area contributed by atoms with Crippen LogP contribution >= 0.6 is 7.82 Å². The summed E-state index contributed by atoms with van der Waals surface area (Å²) in [7, 11) is -4.37. The first kappa shape index (κ1) is 37.2. The van der Waals surface area contributed by atoms with Crippen molar-refractivity contribution in [1.29, 1.82) is 0 Å². The zero-order chi connectivity index (χ0) is 28.5. The number of nitrogens with two attached hydrogens (primary N) is 1. The molecule has 0 fully saturated rings. The van der Waals surface area contributed by atoms with Gasteiger partial charge in [0.05, 0.1) is 37.9 Å². The Morgan fingerprint density at radius 1 is 0.895 bits per heavy atom. The summed E-state index contributed by atoms with van der Waals surface area (Å²) in [5, 5.41) is 23.6. The predicted octanol–water partition coefficient (Wildman–Crippen LogP) is 5.51. The second-order valence-corrected chi connectivity index (χ2v) is 11.6. The Bertz CT molecular complexity index is 636. The molecule has 0 aliphatic carbocycles. The highest BCUT2D eigenvalue weighted by Gasteiger charge is 2.27. The molecule has 0 aliphatic rings. The number of carbonyl (C=O) groups is 1. The zero-order valence-electron chi connectivity index (χ0n) is 24.0. The van der Waals surface area contributed by atoms with Crippen LogP contribution in [0.25, 0.3) is 0 Å². The van der Waals surface area contributed by atoms with E-state index in [0.29, 0.717) is 6.42 Å². The molecule has 0 saturated carbocycles. The Kier molecular flexibility index (Phi) is 24.7. The molecule has 6 N–H and O–H groups in total. The minimum Gasteiger partial charge on any atom is -0.393 e. The summed E-state index contributed by atoms with van der Waals surface area (Å²) in [4.78, 5) is 22.3. The maximum Gasteiger partial charge on any atom is 0.472 e. The average Bonchev–Trinajstić information content (AvgIpc) is 2.88. The van der Waals surface area contributed by atoms with E-state index in [0.717, 1.165) is 38.5 Å². The van der Waals surface area contributed by atoms with Crippen LogP contribution in [0.3, 0.4) is 0 Å². The molecule has 0 aromatic carbocycles. The van der Waals surface area contributed by atoms with Gasteiger partial charge in [-0.2, -0.15) is 0 Å². The van der Waals surface area contributed by atoms with Gasteiger partial charge in [0.2, 0.25) is 5.91 Å². The Balaban J connectivity index is 4.59. The molecule has 4 atom stereocenters. The number of unbranched alkanes of at least 4 members (excludes halogenated alkanes) is 13. The first-order chi connectivity index (χ1) is 18.3. The first-order valence-electron chi connectivity index (χ1n) is 14.9. The number of phosphoric acid groups is 1. The molecular formula is C28H57N2O7P. The number of phosphoric ester groups is 1. The quantitative estimate of drug-likeness (QED) is 0.0497. The minimum absolute atomic E-state index is 0.0501. The zero-order valence-corrected chi connectivity index (χ0v) is 24.9. The number of allylic oxidation sites excluding steroid dienone is 1. The molecule has 0 bridgehead atoms. The average molecular weight is 565 g/mol. The molecule has 0 aromatic heterocycles. The standard InChI is InChI=1S/C28H57N2O7P/c1-3-5-7-9-11-12-14-15-17-19-25(31)23-28(33)30-26(24-37-38(34,35)36-22-21-29)27(32)20-18-16-13-10-8-6-4-2/h18,20,25-27,31-32H,3-17,19,21-24,29H2,1-2H3,(H,30,33)(H,34,35)/b20-18+. The SMILES string of the molecule is CCCCCCC/C=C/C(O)C(COP(=O)(O)OCCN)NC(=O)CC(O)CCCCCCCCCCC. The second-order valence-electron chi connectivity index (χ2n) is 10.2. The van der Waals surface area contributed by atoms with Gasteiger partial charge in [-0.25, -0.2) is 4.57 Å². The number of hydrogen-bond donors (Lipinski definition) is 5. The third-order valence-electron chi connectivity index (χ3n) is 6.42. The molecule has 0 aliphatic heterocycles. The van der Waals surface area contributed by atoms with Crippen molar-refractivity contribution in [3.63, 3.8) is 0 Å². The number of hydrogen-bond acceptors (Lipinski definition) is 7. The van der Waals surface area contributed by atoms with E-state index in [-0.39, 0.29) is 19.6 Å². The third-order valence-corrected chi connectivity index (χ3v) is 7.40. The molecule has 10 heteroatoms. The van der Waals surface area contributed by atoms with Crippen LogP contribution in [0.2, 0.25) is 0 Å². The van der Waals surface area contributed by atoms with Crippen molar-refractivity contribution in [2.24, 2.45) is 5.73 Å². The maximum atomic E-state index is 12.6. The monoisotopic (exact) mass is 564 g/mol. The Morgan fingerprint density at radius 3 is 2.03 bits per heavy atom. The molecule has 0 saturated heterocycles. The van der Waals surface area contributed by atoms with Gasteiger partial charge in [0.15, 0.2) is 0 Å². The van der Waals surface area contributed by atoms with E-state index >= 15 is 0 Å². The van der Waals surface area contributed by atoms with Gasteiger partial charge in [0, 0.05) is 6.54 Å². The third kappa shape index (κ3) is 23.1. The van der Waals surface area contributed by atoms with E-state index in [9.17, 15) is 24.5 Å². The van der Waals surface area contributed by atoms with Crippen molar-refractivity contribution in [2.45, 2.75) is 141 Å². The van der Waals surface area contributed by atoms with Crippen LogP contribution in [0.15, 0.2) is 12.2 Å². The summed E-state index contributed by atoms with van der Waals surface area (Å²) in [6.07, 6.45) is 19.0. The van der Waals surface area contributed by atoms with Crippen molar-refractivity contribution in [3.05, 3.63) is 12.2 Å². The van der Waals surface area contributed by atoms with Crippen LogP contribution in [0.1, 0.15) is 123 Å². The van der Waals surface area contributed by atoms with Crippen LogP contribution in [0.4, 0.5) is 0 Å². The summed E-state index contributed by atoms with van der Waals surface area (Å²) < 4.78 is 21.7. The van der Waals surface area contributed by atoms with Crippen LogP contribution < -0.4 is 11.1 Å². The van der Waals surface area contributed by atoms with E-state index in [4.69, 9.17) is 14.8 Å². The molecule has 0 aromatic rings. The Morgan fingerprint density at radius 2 is 1.45 bits per heavy atom. The highest BCUT2D eigenvalue weighted by Crippen LogP contribution is 2.43. The fourth-order valence-electron chi connectivity index (χ4n) is 4.11. The maximum absolute atomic E-state index is 12.6. The predicted molar refractivity (Wildman–Crippen MR) is 154 cm³/mol. The van der Waals surface area contributed by atoms with Gasteiger partial charge in [0.25, 0.3) is 0 Å². The number of carbonyl (C=O) groups excluding carboxylic acids is 1. The number of aliphatic hydroxyl groups excluding tert-OH is 2. The smallest absolute Gasteiger partial charge is 0.393 e. The lowest BCUT2D eigenvalue weighted by Crippen LogP contribution is -2.46. The van der Waals surface area contributed by atoms with Gasteiger partial charge >= 0.3 is 7.82 Å². The molecule has 226 valence electrons. The molecule has 0 heterocycles. The molecule has 0 spiro atoms. The van der Waals surface area contributed by atoms with Crippen LogP contribution in [-0.4, -0.2) is 59.0 Å². The van der Waals surface area contributed by atoms with E-state index in [1.807, 2.05) is 6.08 Å². The normalized spacial score (nSPS) is 15.8. The highest BCUT2D eigenvalue weighted by atomic mass is 31.2. The van der Waals surface area contributed by atoms with Crippen molar-refractivity contribution in [3.8, 4) is 0 Å². The summed E-state index contributed by atoms with van der Waals surface area (Å²) in [5.41, 5.74) is 5.30. The summed E-state index contributed by atoms with van der Waals surface area (Å²) >= 11 is 0. The number of amides is 1. The van der Waals surface area contributed by atoms with Crippen molar-refractivity contribution >= 4 is 13.7 Å². The van der Waals surface area contributed by atoms with Gasteiger partial charge < -0.3 is 26.2 Å². The Labute approximate surface area is 231 Å². The number of nitrogens with one attached hydrogen (secondary N) is 1. The van der Waals surface area contributed by atoms with E-state index in [2.05, 4.69) is 19.2 Å². The van der Waals surface area contributed by atoms with Crippen molar-refractivity contribution < 1.29 is 33.5 Å². The lowest BCUT2D eigenvalue weighted by Gasteiger charge is -2.24. The molecule has 9 nitrogen and oxygen atoms in total. The first-order valence-corrected chi connectivity index (χ1v) is 16.4. The van der Waals surface area contributed by atoms with Gasteiger partial charge in [-0.3, -0.25) is 13.8 Å². The number of aliphatic hydroxyl groups is 2. The summed E-state index contributed by atoms with van der Waals surface area (Å²) in [6, 6.07) is -0.972. The lowest BCUT2D eigenvalue weighted by molar-refractivity contribution is -0.124. The summed E-state index contributed by atoms with van der Waals surface area (Å²) in [5.74, 6) is -0.454. The van der Waals surface area contributed by atoms with E-state index < -0.39 is 38.6 Å². The fourth-order valence-corrected chi connectivity index (χ4v) is 4.87. The largest absolute Gasteiger partial charge is 0.472 e. The Hall–Kier alpha value is -0.800. The van der Waals surface area contributed by atoms with Crippen LogP contribution in [-0.2, 0) is 18.4 Å². The fraction of sp³-hybridized carbons (Fsp3) is 0.893. The van der Waals surface area contributed by atoms with Crippen molar-refractivity contribution in [1.82, 2.24) is 5.32 Å². The highest BCUT2D eigenvalue weighted by molar-refractivity contribution is 7.47. The second kappa shape index (κ2) is 25.2. The van der Waals surface area contributed by atoms with Gasteiger partial charge in [-0.05, 0) is 19.3 Å². The molecule has 0 radical (unpaired) electrons. The molecule has 1 amide bonds. The van der Waals surface area contributed by atoms with Gasteiger partial charge in [0.1, 0.15) is 0 Å². The van der Waals surface area contributed by atoms with E-state index in [1.54, 1.807) is 6.08 Å². The van der Waals surface area contributed by atoms with Crippen molar-refractivity contribution in [2.75, 3.05) is 19.8 Å². The molecule has 4 unspecified atom stereocenters. The van der Waals surface area contributed by atoms with E-state index in [1.165, 1.54) is 57.8 Å². The van der Waals surface area contributed by atoms with Crippen LogP contribution in [0.5, 0.6) is 0 Å². The molecule has 0 rings (SSSR count). The van der Waals surface area contributed by atoms with Gasteiger partial charge in [-0.15, -0.1) is 0 Å². The molecular weight excluding hydrogens is 507 g/mol.